The molecule has 78 valence electrons. The van der Waals surface area contributed by atoms with Gasteiger partial charge in [-0.25, -0.2) is 0 Å². The Bertz CT molecular complexity index is 165. The van der Waals surface area contributed by atoms with Crippen LogP contribution in [0.1, 0.15) is 27.7 Å². The van der Waals surface area contributed by atoms with Crippen LogP contribution in [-0.4, -0.2) is 28.5 Å². The molecule has 0 aromatic carbocycles. The van der Waals surface area contributed by atoms with Gasteiger partial charge in [-0.05, 0) is 27.7 Å². The molecular formula is C9H19IN2O. The molecule has 3 nitrogen and oxygen atoms in total. The number of alkyl halides is 1. The van der Waals surface area contributed by atoms with Crippen molar-refractivity contribution in [2.75, 3.05) is 11.0 Å². The molecule has 13 heavy (non-hydrogen) atoms. The molecule has 1 unspecified atom stereocenters. The zero-order valence-corrected chi connectivity index (χ0v) is 10.9. The number of rotatable bonds is 4. The second-order valence-electron chi connectivity index (χ2n) is 4.23. The number of carbonyl (C=O) groups is 1. The Balaban J connectivity index is 3.64. The molecule has 0 bridgehead atoms. The van der Waals surface area contributed by atoms with E-state index in [0.29, 0.717) is 12.6 Å². The minimum absolute atomic E-state index is 0.0594. The maximum absolute atomic E-state index is 11.3. The maximum atomic E-state index is 11.3. The van der Waals surface area contributed by atoms with Crippen molar-refractivity contribution in [3.05, 3.63) is 0 Å². The Kier molecular flexibility index (Phi) is 5.87. The van der Waals surface area contributed by atoms with Crippen molar-refractivity contribution >= 4 is 28.5 Å². The summed E-state index contributed by atoms with van der Waals surface area (Å²) in [4.78, 5) is 11.3. The lowest BCUT2D eigenvalue weighted by Crippen LogP contribution is -2.46. The van der Waals surface area contributed by atoms with Crippen LogP contribution in [0.15, 0.2) is 0 Å². The Morgan fingerprint density at radius 2 is 2.00 bits per heavy atom. The largest absolute Gasteiger partial charge is 0.350 e. The van der Waals surface area contributed by atoms with Gasteiger partial charge in [0.15, 0.2) is 0 Å². The summed E-state index contributed by atoms with van der Waals surface area (Å²) in [7, 11) is 0. The first kappa shape index (κ1) is 13.2. The number of amides is 1. The third-order valence-corrected chi connectivity index (χ3v) is 2.68. The molecular weight excluding hydrogens is 279 g/mol. The summed E-state index contributed by atoms with van der Waals surface area (Å²) in [5.41, 5.74) is -0.133. The zero-order chi connectivity index (χ0) is 10.5. The van der Waals surface area contributed by atoms with Gasteiger partial charge >= 0.3 is 0 Å². The molecule has 0 rings (SSSR count). The summed E-state index contributed by atoms with van der Waals surface area (Å²) in [6.45, 7) is 8.41. The molecule has 4 heteroatoms. The fourth-order valence-corrected chi connectivity index (χ4v) is 1.10. The lowest BCUT2D eigenvalue weighted by Gasteiger charge is -2.21. The van der Waals surface area contributed by atoms with E-state index in [1.165, 1.54) is 0 Å². The standard InChI is InChI=1S/C9H19IN2O/c1-7(5-10)11-6-8(13)12-9(2,3)4/h7,11H,5-6H2,1-4H3,(H,12,13). The van der Waals surface area contributed by atoms with Gasteiger partial charge in [-0.15, -0.1) is 0 Å². The number of hydrogen-bond donors (Lipinski definition) is 2. The molecule has 0 saturated heterocycles. The normalized spacial score (nSPS) is 13.9. The first-order chi connectivity index (χ1) is 5.85. The second-order valence-corrected chi connectivity index (χ2v) is 5.12. The van der Waals surface area contributed by atoms with Crippen LogP contribution in [0.4, 0.5) is 0 Å². The van der Waals surface area contributed by atoms with Gasteiger partial charge in [0, 0.05) is 16.0 Å². The lowest BCUT2D eigenvalue weighted by atomic mass is 10.1. The number of nitrogens with one attached hydrogen (secondary N) is 2. The molecule has 0 aliphatic carbocycles. The second kappa shape index (κ2) is 5.80. The van der Waals surface area contributed by atoms with Crippen molar-refractivity contribution in [2.45, 2.75) is 39.3 Å². The highest BCUT2D eigenvalue weighted by Crippen LogP contribution is 1.97. The van der Waals surface area contributed by atoms with E-state index >= 15 is 0 Å². The molecule has 0 aliphatic heterocycles. The summed E-state index contributed by atoms with van der Waals surface area (Å²) in [6.07, 6.45) is 0. The van der Waals surface area contributed by atoms with E-state index in [0.717, 1.165) is 4.43 Å². The summed E-state index contributed by atoms with van der Waals surface area (Å²) < 4.78 is 1.01. The van der Waals surface area contributed by atoms with Crippen molar-refractivity contribution in [1.29, 1.82) is 0 Å². The SMILES string of the molecule is CC(CI)NCC(=O)NC(C)(C)C. The van der Waals surface area contributed by atoms with E-state index in [2.05, 4.69) is 40.1 Å². The van der Waals surface area contributed by atoms with Gasteiger partial charge in [0.1, 0.15) is 0 Å². The van der Waals surface area contributed by atoms with Crippen molar-refractivity contribution in [3.8, 4) is 0 Å². The maximum Gasteiger partial charge on any atom is 0.234 e. The van der Waals surface area contributed by atoms with E-state index in [-0.39, 0.29) is 11.4 Å². The van der Waals surface area contributed by atoms with E-state index < -0.39 is 0 Å². The van der Waals surface area contributed by atoms with E-state index in [1.54, 1.807) is 0 Å². The van der Waals surface area contributed by atoms with Crippen LogP contribution >= 0.6 is 22.6 Å². The monoisotopic (exact) mass is 298 g/mol. The number of halogens is 1. The molecule has 1 amide bonds. The number of hydrogen-bond acceptors (Lipinski definition) is 2. The summed E-state index contributed by atoms with van der Waals surface area (Å²) in [6, 6.07) is 0.395. The lowest BCUT2D eigenvalue weighted by molar-refractivity contribution is -0.121. The highest BCUT2D eigenvalue weighted by atomic mass is 127. The molecule has 0 fully saturated rings. The van der Waals surface area contributed by atoms with Gasteiger partial charge in [-0.2, -0.15) is 0 Å². The van der Waals surface area contributed by atoms with Crippen LogP contribution in [0.3, 0.4) is 0 Å². The van der Waals surface area contributed by atoms with Gasteiger partial charge in [0.25, 0.3) is 0 Å². The van der Waals surface area contributed by atoms with Crippen LogP contribution in [0.25, 0.3) is 0 Å². The Morgan fingerprint density at radius 3 is 2.38 bits per heavy atom. The minimum atomic E-state index is -0.133. The summed E-state index contributed by atoms with van der Waals surface area (Å²) >= 11 is 2.29. The van der Waals surface area contributed by atoms with E-state index in [4.69, 9.17) is 0 Å². The van der Waals surface area contributed by atoms with Gasteiger partial charge < -0.3 is 10.6 Å². The van der Waals surface area contributed by atoms with Crippen LogP contribution in [0, 0.1) is 0 Å². The predicted octanol–water partition coefficient (Wildman–Crippen LogP) is 1.31. The Labute approximate surface area is 94.2 Å². The summed E-state index contributed by atoms with van der Waals surface area (Å²) in [5, 5.41) is 6.03. The average molecular weight is 298 g/mol. The van der Waals surface area contributed by atoms with Crippen molar-refractivity contribution in [3.63, 3.8) is 0 Å². The Morgan fingerprint density at radius 1 is 1.46 bits per heavy atom. The van der Waals surface area contributed by atoms with Crippen LogP contribution in [0.2, 0.25) is 0 Å². The van der Waals surface area contributed by atoms with Crippen LogP contribution in [-0.2, 0) is 4.79 Å². The van der Waals surface area contributed by atoms with Gasteiger partial charge in [0.2, 0.25) is 5.91 Å². The minimum Gasteiger partial charge on any atom is -0.350 e. The molecule has 0 aromatic rings. The van der Waals surface area contributed by atoms with E-state index in [1.807, 2.05) is 20.8 Å². The molecule has 0 aromatic heterocycles. The highest BCUT2D eigenvalue weighted by molar-refractivity contribution is 14.1. The molecule has 1 atom stereocenters. The molecule has 0 heterocycles. The van der Waals surface area contributed by atoms with Gasteiger partial charge in [-0.3, -0.25) is 4.79 Å². The quantitative estimate of drug-likeness (QED) is 0.607. The first-order valence-electron chi connectivity index (χ1n) is 4.45. The fourth-order valence-electron chi connectivity index (χ4n) is 0.784. The topological polar surface area (TPSA) is 41.1 Å². The van der Waals surface area contributed by atoms with Crippen molar-refractivity contribution in [1.82, 2.24) is 10.6 Å². The van der Waals surface area contributed by atoms with Crippen LogP contribution in [0.5, 0.6) is 0 Å². The van der Waals surface area contributed by atoms with Crippen molar-refractivity contribution in [2.24, 2.45) is 0 Å². The molecule has 0 radical (unpaired) electrons. The highest BCUT2D eigenvalue weighted by Gasteiger charge is 2.13. The fraction of sp³-hybridized carbons (Fsp3) is 0.889. The number of carbonyl (C=O) groups excluding carboxylic acids is 1. The molecule has 2 N–H and O–H groups in total. The molecule has 0 aliphatic rings. The first-order valence-corrected chi connectivity index (χ1v) is 5.98. The van der Waals surface area contributed by atoms with Crippen LogP contribution < -0.4 is 10.6 Å². The average Bonchev–Trinajstić information content (AvgIpc) is 1.97. The zero-order valence-electron chi connectivity index (χ0n) is 8.78. The molecule has 0 saturated carbocycles. The summed E-state index contributed by atoms with van der Waals surface area (Å²) in [5.74, 6) is 0.0594. The van der Waals surface area contributed by atoms with Gasteiger partial charge in [-0.1, -0.05) is 22.6 Å². The molecule has 0 spiro atoms. The van der Waals surface area contributed by atoms with Gasteiger partial charge in [0.05, 0.1) is 6.54 Å². The predicted molar refractivity (Wildman–Crippen MR) is 64.2 cm³/mol. The third-order valence-electron chi connectivity index (χ3n) is 1.36. The third kappa shape index (κ3) is 8.49. The smallest absolute Gasteiger partial charge is 0.234 e. The van der Waals surface area contributed by atoms with Crippen molar-refractivity contribution < 1.29 is 4.79 Å². The Hall–Kier alpha value is 0.160. The van der Waals surface area contributed by atoms with E-state index in [9.17, 15) is 4.79 Å².